The van der Waals surface area contributed by atoms with Crippen molar-refractivity contribution < 1.29 is 9.59 Å². The second-order valence-electron chi connectivity index (χ2n) is 7.84. The molecule has 1 aliphatic carbocycles. The van der Waals surface area contributed by atoms with Crippen molar-refractivity contribution in [2.24, 2.45) is 5.73 Å². The van der Waals surface area contributed by atoms with Crippen LogP contribution in [0.2, 0.25) is 0 Å². The zero-order valence-corrected chi connectivity index (χ0v) is 19.2. The van der Waals surface area contributed by atoms with Crippen molar-refractivity contribution in [1.29, 1.82) is 5.26 Å². The summed E-state index contributed by atoms with van der Waals surface area (Å²) < 4.78 is 0.776. The molecular formula is C22H20N6O2S2. The normalized spacial score (nSPS) is 22.2. The maximum absolute atomic E-state index is 13.6. The lowest BCUT2D eigenvalue weighted by Crippen LogP contribution is -2.50. The van der Waals surface area contributed by atoms with Crippen molar-refractivity contribution in [3.63, 3.8) is 0 Å². The van der Waals surface area contributed by atoms with E-state index in [1.807, 2.05) is 26.0 Å². The predicted molar refractivity (Wildman–Crippen MR) is 123 cm³/mol. The van der Waals surface area contributed by atoms with Gasteiger partial charge in [0.2, 0.25) is 11.0 Å². The van der Waals surface area contributed by atoms with Crippen molar-refractivity contribution >= 4 is 45.6 Å². The summed E-state index contributed by atoms with van der Waals surface area (Å²) in [5.74, 6) is 0.401. The van der Waals surface area contributed by atoms with Crippen LogP contribution in [-0.4, -0.2) is 27.6 Å². The molecule has 3 heterocycles. The number of carbonyl (C=O) groups is 2. The molecule has 1 atom stereocenters. The van der Waals surface area contributed by atoms with Crippen LogP contribution in [-0.2, 0) is 15.0 Å². The van der Waals surface area contributed by atoms with E-state index in [0.29, 0.717) is 46.9 Å². The Labute approximate surface area is 193 Å². The lowest BCUT2D eigenvalue weighted by molar-refractivity contribution is -0.122. The Hall–Kier alpha value is -3.16. The van der Waals surface area contributed by atoms with E-state index in [2.05, 4.69) is 21.6 Å². The average Bonchev–Trinajstić information content (AvgIpc) is 3.32. The Morgan fingerprint density at radius 3 is 2.91 bits per heavy atom. The molecular weight excluding hydrogens is 444 g/mol. The lowest BCUT2D eigenvalue weighted by Gasteiger charge is -2.42. The molecule has 3 aliphatic rings. The molecule has 2 aromatic rings. The second-order valence-corrected chi connectivity index (χ2v) is 10.3. The molecule has 2 aliphatic heterocycles. The Balaban J connectivity index is 1.83. The van der Waals surface area contributed by atoms with Crippen molar-refractivity contribution in [3.8, 4) is 6.07 Å². The molecule has 1 spiro atoms. The summed E-state index contributed by atoms with van der Waals surface area (Å²) in [5, 5.41) is 22.1. The van der Waals surface area contributed by atoms with Crippen molar-refractivity contribution in [3.05, 3.63) is 52.0 Å². The van der Waals surface area contributed by atoms with Gasteiger partial charge in [-0.2, -0.15) is 5.26 Å². The van der Waals surface area contributed by atoms with Gasteiger partial charge in [0.15, 0.2) is 10.1 Å². The van der Waals surface area contributed by atoms with E-state index in [0.717, 1.165) is 15.7 Å². The summed E-state index contributed by atoms with van der Waals surface area (Å²) in [7, 11) is 0. The number of amides is 1. The van der Waals surface area contributed by atoms with Crippen LogP contribution in [0, 0.1) is 18.3 Å². The van der Waals surface area contributed by atoms with Gasteiger partial charge in [-0.1, -0.05) is 47.7 Å². The van der Waals surface area contributed by atoms with E-state index in [9.17, 15) is 14.9 Å². The minimum Gasteiger partial charge on any atom is -0.384 e. The van der Waals surface area contributed by atoms with Crippen molar-refractivity contribution in [2.75, 3.05) is 16.0 Å². The number of hydrogen-bond acceptors (Lipinski definition) is 9. The number of ketones is 1. The molecule has 5 rings (SSSR count). The topological polar surface area (TPSA) is 125 Å². The fraction of sp³-hybridized carbons (Fsp3) is 0.318. The summed E-state index contributed by atoms with van der Waals surface area (Å²) >= 11 is 2.91. The van der Waals surface area contributed by atoms with Gasteiger partial charge in [0.25, 0.3) is 0 Å². The number of nitrogens with one attached hydrogen (secondary N) is 1. The molecule has 162 valence electrons. The number of anilines is 2. The van der Waals surface area contributed by atoms with Crippen LogP contribution in [0.5, 0.6) is 0 Å². The number of allylic oxidation sites excluding steroid dienone is 1. The van der Waals surface area contributed by atoms with Gasteiger partial charge in [0.05, 0.1) is 5.57 Å². The number of fused-ring (bicyclic) bond motifs is 3. The Bertz CT molecular complexity index is 1290. The van der Waals surface area contributed by atoms with Gasteiger partial charge in [0.1, 0.15) is 17.3 Å². The first-order valence-corrected chi connectivity index (χ1v) is 12.1. The van der Waals surface area contributed by atoms with Gasteiger partial charge in [-0.15, -0.1) is 10.2 Å². The third kappa shape index (κ3) is 2.68. The van der Waals surface area contributed by atoms with Crippen LogP contribution < -0.4 is 16.0 Å². The van der Waals surface area contributed by atoms with Crippen LogP contribution in [0.25, 0.3) is 0 Å². The van der Waals surface area contributed by atoms with Crippen molar-refractivity contribution in [2.45, 2.75) is 42.9 Å². The van der Waals surface area contributed by atoms with Gasteiger partial charge in [-0.05, 0) is 31.6 Å². The SMILES string of the molecule is CCSc1nnc(N2C(N)=C(C#N)[C@]3(C(=O)Nc4ccc(C)cc43)C3=C2CCCC3=O)s1. The quantitative estimate of drug-likeness (QED) is 0.663. The van der Waals surface area contributed by atoms with Crippen molar-refractivity contribution in [1.82, 2.24) is 10.2 Å². The number of aromatic nitrogens is 2. The molecule has 0 bridgehead atoms. The zero-order valence-electron chi connectivity index (χ0n) is 17.6. The lowest BCUT2D eigenvalue weighted by atomic mass is 9.64. The number of benzene rings is 1. The van der Waals surface area contributed by atoms with Crippen LogP contribution in [0.15, 0.2) is 45.2 Å². The minimum atomic E-state index is -1.55. The molecule has 0 saturated heterocycles. The molecule has 1 amide bonds. The summed E-state index contributed by atoms with van der Waals surface area (Å²) in [6, 6.07) is 7.74. The smallest absolute Gasteiger partial charge is 0.245 e. The highest BCUT2D eigenvalue weighted by atomic mass is 32.2. The van der Waals surface area contributed by atoms with Gasteiger partial charge >= 0.3 is 0 Å². The number of nitrogens with two attached hydrogens (primary N) is 1. The van der Waals surface area contributed by atoms with Gasteiger partial charge < -0.3 is 11.1 Å². The highest BCUT2D eigenvalue weighted by molar-refractivity contribution is 8.01. The maximum atomic E-state index is 13.6. The van der Waals surface area contributed by atoms with Crippen LogP contribution >= 0.6 is 23.1 Å². The molecule has 0 radical (unpaired) electrons. The molecule has 0 unspecified atom stereocenters. The zero-order chi connectivity index (χ0) is 22.6. The average molecular weight is 465 g/mol. The van der Waals surface area contributed by atoms with E-state index in [-0.39, 0.29) is 17.2 Å². The fourth-order valence-corrected chi connectivity index (χ4v) is 6.57. The maximum Gasteiger partial charge on any atom is 0.245 e. The van der Waals surface area contributed by atoms with Crippen LogP contribution in [0.1, 0.15) is 37.3 Å². The van der Waals surface area contributed by atoms with E-state index in [1.54, 1.807) is 22.7 Å². The summed E-state index contributed by atoms with van der Waals surface area (Å²) in [4.78, 5) is 28.7. The monoisotopic (exact) mass is 464 g/mol. The molecule has 8 nitrogen and oxygen atoms in total. The Kier molecular flexibility index (Phi) is 4.83. The summed E-state index contributed by atoms with van der Waals surface area (Å²) in [6.45, 7) is 3.94. The molecule has 1 aromatic carbocycles. The Morgan fingerprint density at radius 1 is 1.34 bits per heavy atom. The first kappa shape index (κ1) is 20.7. The third-order valence-electron chi connectivity index (χ3n) is 6.04. The van der Waals surface area contributed by atoms with Gasteiger partial charge in [0, 0.05) is 28.9 Å². The number of rotatable bonds is 3. The van der Waals surface area contributed by atoms with E-state index < -0.39 is 11.3 Å². The minimum absolute atomic E-state index is 0.0493. The molecule has 3 N–H and O–H groups in total. The number of aryl methyl sites for hydroxylation is 1. The highest BCUT2D eigenvalue weighted by Crippen LogP contribution is 2.55. The van der Waals surface area contributed by atoms with E-state index in [1.165, 1.54) is 11.3 Å². The molecule has 32 heavy (non-hydrogen) atoms. The number of nitriles is 1. The predicted octanol–water partition coefficient (Wildman–Crippen LogP) is 3.37. The van der Waals surface area contributed by atoms with Gasteiger partial charge in [-0.25, -0.2) is 0 Å². The fourth-order valence-electron chi connectivity index (χ4n) is 4.80. The first-order valence-electron chi connectivity index (χ1n) is 10.3. The molecule has 1 aromatic heterocycles. The van der Waals surface area contributed by atoms with E-state index in [4.69, 9.17) is 5.73 Å². The van der Waals surface area contributed by atoms with E-state index >= 15 is 0 Å². The van der Waals surface area contributed by atoms with Crippen LogP contribution in [0.3, 0.4) is 0 Å². The second kappa shape index (κ2) is 7.46. The summed E-state index contributed by atoms with van der Waals surface area (Å²) in [5.41, 5.74) is 8.19. The first-order chi connectivity index (χ1) is 15.4. The standard InChI is InChI=1S/C22H20N6O2S2/c1-3-31-21-27-26-20(32-21)28-15-5-4-6-16(29)17(15)22(13(10-23)18(28)24)12-9-11(2)7-8-14(12)25-19(22)30/h7-9H,3-6,24H2,1-2H3,(H,25,30)/t22-/m0/s1. The van der Waals surface area contributed by atoms with Gasteiger partial charge in [-0.3, -0.25) is 14.5 Å². The number of thioether (sulfide) groups is 1. The third-order valence-corrected chi connectivity index (χ3v) is 7.96. The Morgan fingerprint density at radius 2 is 2.16 bits per heavy atom. The number of hydrogen-bond donors (Lipinski definition) is 2. The summed E-state index contributed by atoms with van der Waals surface area (Å²) in [6.07, 6.45) is 1.50. The largest absolute Gasteiger partial charge is 0.384 e. The highest BCUT2D eigenvalue weighted by Gasteiger charge is 2.60. The number of carbonyl (C=O) groups excluding carboxylic acids is 2. The number of Topliss-reactive ketones (excluding diaryl/α,β-unsaturated/α-hetero) is 1. The molecule has 10 heteroatoms. The van der Waals surface area contributed by atoms with Crippen LogP contribution in [0.4, 0.5) is 10.8 Å². The molecule has 0 saturated carbocycles. The number of nitrogens with zero attached hydrogens (tertiary/aromatic N) is 4. The molecule has 0 fully saturated rings.